The van der Waals surface area contributed by atoms with E-state index in [9.17, 15) is 29.1 Å². The first kappa shape index (κ1) is 30.5. The Morgan fingerprint density at radius 1 is 0.875 bits per heavy atom. The molecule has 0 fully saturated rings. The average Bonchev–Trinajstić information content (AvgIpc) is 3.13. The molecule has 10 nitrogen and oxygen atoms in total. The maximum Gasteiger partial charge on any atom is 0.320 e. The van der Waals surface area contributed by atoms with E-state index in [1.54, 1.807) is 12.1 Å². The minimum Gasteiger partial charge on any atom is -0.480 e. The number of nitrogens with one attached hydrogen (secondary N) is 3. The van der Waals surface area contributed by atoms with Crippen LogP contribution in [0.15, 0.2) is 42.5 Å². The Balaban J connectivity index is 1.73. The summed E-state index contributed by atoms with van der Waals surface area (Å²) in [6.07, 6.45) is 0.484. The predicted octanol–water partition coefficient (Wildman–Crippen LogP) is 2.22. The van der Waals surface area contributed by atoms with Gasteiger partial charge in [0.05, 0.1) is 17.2 Å². The first-order valence-corrected chi connectivity index (χ1v) is 13.4. The quantitative estimate of drug-likeness (QED) is 0.280. The molecule has 2 aromatic carbocycles. The Kier molecular flexibility index (Phi) is 10.2. The number of carboxylic acid groups (broad SMARTS) is 1. The van der Waals surface area contributed by atoms with Crippen molar-refractivity contribution in [3.8, 4) is 0 Å². The van der Waals surface area contributed by atoms with E-state index in [4.69, 9.17) is 0 Å². The SMILES string of the molecule is CNC(=O)[C@H](Cc1ccccc1)NC(=O)[C@H](CC(C)C)N[C@H](CCN1C(=O)c2cc(C)c(C)cc2C1=O)C(=O)O. The minimum atomic E-state index is -1.21. The number of carbonyl (C=O) groups excluding carboxylic acids is 4. The van der Waals surface area contributed by atoms with Crippen molar-refractivity contribution in [2.45, 2.75) is 65.1 Å². The molecule has 1 heterocycles. The van der Waals surface area contributed by atoms with Crippen molar-refractivity contribution in [3.63, 3.8) is 0 Å². The van der Waals surface area contributed by atoms with Gasteiger partial charge in [-0.15, -0.1) is 0 Å². The Bertz CT molecular complexity index is 1240. The molecular weight excluding hydrogens is 512 g/mol. The number of aryl methyl sites for hydroxylation is 2. The van der Waals surface area contributed by atoms with Gasteiger partial charge >= 0.3 is 5.97 Å². The molecule has 0 spiro atoms. The van der Waals surface area contributed by atoms with Crippen LogP contribution in [0.2, 0.25) is 0 Å². The lowest BCUT2D eigenvalue weighted by molar-refractivity contribution is -0.140. The number of aliphatic carboxylic acids is 1. The number of hydrogen-bond acceptors (Lipinski definition) is 6. The van der Waals surface area contributed by atoms with Gasteiger partial charge in [-0.1, -0.05) is 44.2 Å². The van der Waals surface area contributed by atoms with Gasteiger partial charge in [0.2, 0.25) is 11.8 Å². The highest BCUT2D eigenvalue weighted by molar-refractivity contribution is 6.21. The molecule has 0 unspecified atom stereocenters. The molecular formula is C30H38N4O6. The van der Waals surface area contributed by atoms with Crippen LogP contribution in [0.1, 0.15) is 64.1 Å². The third-order valence-electron chi connectivity index (χ3n) is 7.11. The van der Waals surface area contributed by atoms with Crippen LogP contribution in [0.3, 0.4) is 0 Å². The van der Waals surface area contributed by atoms with Crippen LogP contribution in [-0.2, 0) is 20.8 Å². The number of fused-ring (bicyclic) bond motifs is 1. The number of carboxylic acids is 1. The third kappa shape index (κ3) is 7.32. The molecule has 2 aromatic rings. The standard InChI is InChI=1S/C30H38N4O6/c1-17(2)13-24(27(36)33-25(26(35)31-5)16-20-9-7-6-8-10-20)32-23(30(39)40)11-12-34-28(37)21-14-18(3)19(4)15-22(21)29(34)38/h6-10,14-15,17,23-25,32H,11-13,16H2,1-5H3,(H,31,35)(H,33,36)(H,39,40)/t23-,24+,25+/m1/s1. The molecule has 3 rings (SSSR count). The number of imide groups is 1. The van der Waals surface area contributed by atoms with E-state index in [0.29, 0.717) is 17.5 Å². The Hall–Kier alpha value is -4.05. The number of amides is 4. The van der Waals surface area contributed by atoms with Gasteiger partial charge in [0.1, 0.15) is 12.1 Å². The number of rotatable bonds is 13. The molecule has 3 atom stereocenters. The summed E-state index contributed by atoms with van der Waals surface area (Å²) in [5.41, 5.74) is 3.25. The second-order valence-electron chi connectivity index (χ2n) is 10.6. The molecule has 0 aliphatic carbocycles. The van der Waals surface area contributed by atoms with Crippen LogP contribution in [0.4, 0.5) is 0 Å². The zero-order valence-corrected chi connectivity index (χ0v) is 23.6. The molecule has 0 radical (unpaired) electrons. The average molecular weight is 551 g/mol. The van der Waals surface area contributed by atoms with Crippen molar-refractivity contribution in [1.82, 2.24) is 20.9 Å². The lowest BCUT2D eigenvalue weighted by atomic mass is 10.00. The van der Waals surface area contributed by atoms with Crippen LogP contribution in [0, 0.1) is 19.8 Å². The Morgan fingerprint density at radius 3 is 1.95 bits per heavy atom. The number of carbonyl (C=O) groups is 5. The van der Waals surface area contributed by atoms with E-state index >= 15 is 0 Å². The van der Waals surface area contributed by atoms with Crippen LogP contribution in [0.25, 0.3) is 0 Å². The summed E-state index contributed by atoms with van der Waals surface area (Å²) in [4.78, 5) is 65.0. The normalized spacial score (nSPS) is 15.0. The van der Waals surface area contributed by atoms with Gasteiger partial charge in [-0.05, 0) is 61.4 Å². The molecule has 0 bridgehead atoms. The summed E-state index contributed by atoms with van der Waals surface area (Å²) in [7, 11) is 1.48. The second kappa shape index (κ2) is 13.3. The summed E-state index contributed by atoms with van der Waals surface area (Å²) < 4.78 is 0. The maximum atomic E-state index is 13.4. The van der Waals surface area contributed by atoms with Gasteiger partial charge < -0.3 is 15.7 Å². The van der Waals surface area contributed by atoms with E-state index in [0.717, 1.165) is 21.6 Å². The van der Waals surface area contributed by atoms with Crippen LogP contribution in [0.5, 0.6) is 0 Å². The molecule has 214 valence electrons. The molecule has 4 N–H and O–H groups in total. The van der Waals surface area contributed by atoms with E-state index < -0.39 is 41.8 Å². The highest BCUT2D eigenvalue weighted by Gasteiger charge is 2.37. The van der Waals surface area contributed by atoms with E-state index in [1.165, 1.54) is 7.05 Å². The van der Waals surface area contributed by atoms with Gasteiger partial charge in [-0.25, -0.2) is 0 Å². The molecule has 4 amide bonds. The Labute approximate surface area is 234 Å². The highest BCUT2D eigenvalue weighted by atomic mass is 16.4. The molecule has 0 saturated carbocycles. The van der Waals surface area contributed by atoms with Crippen LogP contribution in [-0.4, -0.2) is 71.3 Å². The fourth-order valence-electron chi connectivity index (χ4n) is 4.76. The van der Waals surface area contributed by atoms with Gasteiger partial charge in [-0.2, -0.15) is 0 Å². The molecule has 1 aliphatic heterocycles. The van der Waals surface area contributed by atoms with E-state index in [1.807, 2.05) is 58.0 Å². The number of hydrogen-bond donors (Lipinski definition) is 4. The predicted molar refractivity (Wildman–Crippen MR) is 150 cm³/mol. The van der Waals surface area contributed by atoms with Crippen molar-refractivity contribution < 1.29 is 29.1 Å². The van der Waals surface area contributed by atoms with Crippen molar-refractivity contribution in [1.29, 1.82) is 0 Å². The van der Waals surface area contributed by atoms with Gasteiger partial charge in [0, 0.05) is 20.0 Å². The van der Waals surface area contributed by atoms with Crippen molar-refractivity contribution in [3.05, 3.63) is 70.3 Å². The second-order valence-corrected chi connectivity index (χ2v) is 10.6. The van der Waals surface area contributed by atoms with E-state index in [-0.39, 0.29) is 31.2 Å². The van der Waals surface area contributed by atoms with Gasteiger partial charge in [-0.3, -0.25) is 34.2 Å². The lowest BCUT2D eigenvalue weighted by Crippen LogP contribution is -2.56. The van der Waals surface area contributed by atoms with Gasteiger partial charge in [0.15, 0.2) is 0 Å². The zero-order valence-electron chi connectivity index (χ0n) is 23.6. The van der Waals surface area contributed by atoms with Crippen molar-refractivity contribution in [2.75, 3.05) is 13.6 Å². The minimum absolute atomic E-state index is 0.0352. The van der Waals surface area contributed by atoms with Crippen molar-refractivity contribution in [2.24, 2.45) is 5.92 Å². The first-order valence-electron chi connectivity index (χ1n) is 13.4. The molecule has 0 saturated heterocycles. The fraction of sp³-hybridized carbons (Fsp3) is 0.433. The summed E-state index contributed by atoms with van der Waals surface area (Å²) in [6.45, 7) is 7.39. The van der Waals surface area contributed by atoms with Crippen molar-refractivity contribution >= 4 is 29.6 Å². The van der Waals surface area contributed by atoms with Crippen LogP contribution < -0.4 is 16.0 Å². The summed E-state index contributed by atoms with van der Waals surface area (Å²) >= 11 is 0. The monoisotopic (exact) mass is 550 g/mol. The highest BCUT2D eigenvalue weighted by Crippen LogP contribution is 2.26. The molecule has 1 aliphatic rings. The summed E-state index contributed by atoms with van der Waals surface area (Å²) in [5.74, 6) is -2.97. The first-order chi connectivity index (χ1) is 18.9. The number of benzene rings is 2. The largest absolute Gasteiger partial charge is 0.480 e. The van der Waals surface area contributed by atoms with Gasteiger partial charge in [0.25, 0.3) is 11.8 Å². The summed E-state index contributed by atoms with van der Waals surface area (Å²) in [6, 6.07) is 9.62. The fourth-order valence-corrected chi connectivity index (χ4v) is 4.76. The lowest BCUT2D eigenvalue weighted by Gasteiger charge is -2.27. The number of nitrogens with zero attached hydrogens (tertiary/aromatic N) is 1. The smallest absolute Gasteiger partial charge is 0.320 e. The molecule has 0 aromatic heterocycles. The molecule has 40 heavy (non-hydrogen) atoms. The Morgan fingerprint density at radius 2 is 1.45 bits per heavy atom. The molecule has 10 heteroatoms. The van der Waals surface area contributed by atoms with E-state index in [2.05, 4.69) is 16.0 Å². The third-order valence-corrected chi connectivity index (χ3v) is 7.11. The summed E-state index contributed by atoms with van der Waals surface area (Å²) in [5, 5.41) is 18.2. The number of likely N-dealkylation sites (N-methyl/N-ethyl adjacent to an activating group) is 1. The maximum absolute atomic E-state index is 13.4. The van der Waals surface area contributed by atoms with Crippen LogP contribution >= 0.6 is 0 Å². The zero-order chi connectivity index (χ0) is 29.6. The topological polar surface area (TPSA) is 145 Å².